The molecule has 0 aliphatic heterocycles. The molecular weight excluding hydrogens is 352 g/mol. The average Bonchev–Trinajstić information content (AvgIpc) is 2.87. The van der Waals surface area contributed by atoms with Crippen LogP contribution in [0.25, 0.3) is 0 Å². The number of carbonyl (C=O) groups excluding carboxylic acids is 3. The molecule has 0 saturated heterocycles. The third-order valence-corrected chi connectivity index (χ3v) is 5.12. The van der Waals surface area contributed by atoms with Crippen molar-refractivity contribution in [2.75, 3.05) is 12.4 Å². The number of carbonyl (C=O) groups is 3. The second-order valence-electron chi connectivity index (χ2n) is 5.90. The van der Waals surface area contributed by atoms with Crippen LogP contribution in [0.15, 0.2) is 30.3 Å². The molecule has 1 aromatic heterocycles. The standard InChI is InChI=1S/C19H22N2O4S/c1-11-12(2)26-18(17(11)19(24)25-4)21-16(23)10-15(20-13(3)22)14-8-6-5-7-9-14/h5-9,15H,10H2,1-4H3,(H,20,22)(H,21,23). The normalized spacial score (nSPS) is 11.5. The summed E-state index contributed by atoms with van der Waals surface area (Å²) in [5.74, 6) is -0.993. The Labute approximate surface area is 156 Å². The molecule has 1 atom stereocenters. The summed E-state index contributed by atoms with van der Waals surface area (Å²) in [5, 5.41) is 6.04. The van der Waals surface area contributed by atoms with Gasteiger partial charge in [0.1, 0.15) is 5.00 Å². The fourth-order valence-corrected chi connectivity index (χ4v) is 3.67. The summed E-state index contributed by atoms with van der Waals surface area (Å²) >= 11 is 1.33. The van der Waals surface area contributed by atoms with Gasteiger partial charge in [-0.1, -0.05) is 30.3 Å². The van der Waals surface area contributed by atoms with Crippen LogP contribution in [-0.4, -0.2) is 24.9 Å². The number of methoxy groups -OCH3 is 1. The van der Waals surface area contributed by atoms with Crippen LogP contribution in [0.3, 0.4) is 0 Å². The van der Waals surface area contributed by atoms with Gasteiger partial charge in [0.25, 0.3) is 0 Å². The van der Waals surface area contributed by atoms with Gasteiger partial charge in [-0.25, -0.2) is 4.79 Å². The highest BCUT2D eigenvalue weighted by Gasteiger charge is 2.23. The quantitative estimate of drug-likeness (QED) is 0.760. The van der Waals surface area contributed by atoms with E-state index < -0.39 is 12.0 Å². The van der Waals surface area contributed by atoms with E-state index in [9.17, 15) is 14.4 Å². The predicted molar refractivity (Wildman–Crippen MR) is 101 cm³/mol. The number of thiophene rings is 1. The van der Waals surface area contributed by atoms with Gasteiger partial charge in [-0.2, -0.15) is 0 Å². The molecule has 6 nitrogen and oxygen atoms in total. The molecule has 0 spiro atoms. The maximum Gasteiger partial charge on any atom is 0.341 e. The molecule has 0 radical (unpaired) electrons. The maximum absolute atomic E-state index is 12.6. The van der Waals surface area contributed by atoms with Crippen LogP contribution in [0.5, 0.6) is 0 Å². The first kappa shape index (κ1) is 19.7. The van der Waals surface area contributed by atoms with Crippen molar-refractivity contribution in [2.24, 2.45) is 0 Å². The first-order valence-electron chi connectivity index (χ1n) is 8.13. The topological polar surface area (TPSA) is 84.5 Å². The lowest BCUT2D eigenvalue weighted by molar-refractivity contribution is -0.120. The van der Waals surface area contributed by atoms with Gasteiger partial charge in [-0.15, -0.1) is 11.3 Å². The van der Waals surface area contributed by atoms with Gasteiger partial charge in [0.2, 0.25) is 11.8 Å². The van der Waals surface area contributed by atoms with E-state index in [1.54, 1.807) is 0 Å². The van der Waals surface area contributed by atoms with E-state index >= 15 is 0 Å². The summed E-state index contributed by atoms with van der Waals surface area (Å²) in [7, 11) is 1.31. The number of rotatable bonds is 6. The van der Waals surface area contributed by atoms with Gasteiger partial charge < -0.3 is 15.4 Å². The maximum atomic E-state index is 12.6. The van der Waals surface area contributed by atoms with Crippen molar-refractivity contribution >= 4 is 34.1 Å². The molecule has 26 heavy (non-hydrogen) atoms. The molecule has 138 valence electrons. The molecule has 1 unspecified atom stereocenters. The number of ether oxygens (including phenoxy) is 1. The second-order valence-corrected chi connectivity index (χ2v) is 7.12. The molecule has 1 heterocycles. The van der Waals surface area contributed by atoms with Crippen LogP contribution in [0, 0.1) is 13.8 Å². The Hall–Kier alpha value is -2.67. The van der Waals surface area contributed by atoms with Crippen LogP contribution >= 0.6 is 11.3 Å². The van der Waals surface area contributed by atoms with Crippen molar-refractivity contribution in [1.29, 1.82) is 0 Å². The molecule has 2 aromatic rings. The third kappa shape index (κ3) is 4.70. The van der Waals surface area contributed by atoms with E-state index in [4.69, 9.17) is 4.74 Å². The van der Waals surface area contributed by atoms with E-state index in [0.29, 0.717) is 10.6 Å². The van der Waals surface area contributed by atoms with Crippen LogP contribution in [-0.2, 0) is 14.3 Å². The van der Waals surface area contributed by atoms with Crippen molar-refractivity contribution < 1.29 is 19.1 Å². The summed E-state index contributed by atoms with van der Waals surface area (Å²) in [6.07, 6.45) is 0.0558. The van der Waals surface area contributed by atoms with Crippen LogP contribution in [0.1, 0.15) is 45.7 Å². The highest BCUT2D eigenvalue weighted by atomic mass is 32.1. The summed E-state index contributed by atoms with van der Waals surface area (Å²) in [6.45, 7) is 5.11. The summed E-state index contributed by atoms with van der Waals surface area (Å²) in [5.41, 5.74) is 2.00. The van der Waals surface area contributed by atoms with Crippen molar-refractivity contribution in [1.82, 2.24) is 5.32 Å². The molecule has 0 aliphatic rings. The SMILES string of the molecule is COC(=O)c1c(NC(=O)CC(NC(C)=O)c2ccccc2)sc(C)c1C. The summed E-state index contributed by atoms with van der Waals surface area (Å²) in [4.78, 5) is 37.0. The van der Waals surface area contributed by atoms with Gasteiger partial charge in [-0.05, 0) is 25.0 Å². The van der Waals surface area contributed by atoms with Gasteiger partial charge in [0.05, 0.1) is 25.1 Å². The van der Waals surface area contributed by atoms with E-state index in [2.05, 4.69) is 10.6 Å². The van der Waals surface area contributed by atoms with Crippen LogP contribution < -0.4 is 10.6 Å². The third-order valence-electron chi connectivity index (χ3n) is 4.00. The molecule has 7 heteroatoms. The average molecular weight is 374 g/mol. The number of nitrogens with one attached hydrogen (secondary N) is 2. The number of hydrogen-bond donors (Lipinski definition) is 2. The van der Waals surface area contributed by atoms with Gasteiger partial charge in [0.15, 0.2) is 0 Å². The molecule has 2 N–H and O–H groups in total. The van der Waals surface area contributed by atoms with E-state index in [1.807, 2.05) is 44.2 Å². The molecule has 2 amide bonds. The Morgan fingerprint density at radius 3 is 2.38 bits per heavy atom. The van der Waals surface area contributed by atoms with Gasteiger partial charge in [-0.3, -0.25) is 9.59 Å². The Balaban J connectivity index is 2.20. The lowest BCUT2D eigenvalue weighted by Crippen LogP contribution is -2.29. The first-order valence-corrected chi connectivity index (χ1v) is 8.95. The van der Waals surface area contributed by atoms with Crippen molar-refractivity contribution in [3.05, 3.63) is 51.9 Å². The van der Waals surface area contributed by atoms with E-state index in [-0.39, 0.29) is 18.2 Å². The van der Waals surface area contributed by atoms with Gasteiger partial charge >= 0.3 is 5.97 Å². The molecule has 0 saturated carbocycles. The first-order chi connectivity index (χ1) is 12.3. The smallest absolute Gasteiger partial charge is 0.341 e. The van der Waals surface area contributed by atoms with Crippen molar-refractivity contribution in [3.63, 3.8) is 0 Å². The van der Waals surface area contributed by atoms with Crippen molar-refractivity contribution in [3.8, 4) is 0 Å². The van der Waals surface area contributed by atoms with Crippen LogP contribution in [0.2, 0.25) is 0 Å². The lowest BCUT2D eigenvalue weighted by atomic mass is 10.0. The molecular formula is C19H22N2O4S. The van der Waals surface area contributed by atoms with Crippen molar-refractivity contribution in [2.45, 2.75) is 33.2 Å². The summed E-state index contributed by atoms with van der Waals surface area (Å²) < 4.78 is 4.82. The number of amides is 2. The minimum Gasteiger partial charge on any atom is -0.465 e. The van der Waals surface area contributed by atoms with E-state index in [1.165, 1.54) is 25.4 Å². The monoisotopic (exact) mass is 374 g/mol. The number of benzene rings is 1. The zero-order valence-electron chi connectivity index (χ0n) is 15.2. The molecule has 2 rings (SSSR count). The van der Waals surface area contributed by atoms with E-state index in [0.717, 1.165) is 16.0 Å². The van der Waals surface area contributed by atoms with Gasteiger partial charge in [0, 0.05) is 11.8 Å². The number of hydrogen-bond acceptors (Lipinski definition) is 5. The highest BCUT2D eigenvalue weighted by molar-refractivity contribution is 7.16. The summed E-state index contributed by atoms with van der Waals surface area (Å²) in [6, 6.07) is 8.83. The molecule has 0 fully saturated rings. The number of esters is 1. The predicted octanol–water partition coefficient (Wildman–Crippen LogP) is 3.36. The fraction of sp³-hybridized carbons (Fsp3) is 0.316. The Morgan fingerprint density at radius 1 is 1.15 bits per heavy atom. The Kier molecular flexibility index (Phi) is 6.52. The molecule has 0 aliphatic carbocycles. The minimum atomic E-state index is -0.483. The van der Waals surface area contributed by atoms with Crippen LogP contribution in [0.4, 0.5) is 5.00 Å². The Morgan fingerprint density at radius 2 is 1.81 bits per heavy atom. The zero-order chi connectivity index (χ0) is 19.3. The zero-order valence-corrected chi connectivity index (χ0v) is 16.0. The number of aryl methyl sites for hydroxylation is 1. The highest BCUT2D eigenvalue weighted by Crippen LogP contribution is 2.33. The Bertz CT molecular complexity index is 814. The molecule has 1 aromatic carbocycles. The second kappa shape index (κ2) is 8.62. The minimum absolute atomic E-state index is 0.0558. The lowest BCUT2D eigenvalue weighted by Gasteiger charge is -2.18. The fourth-order valence-electron chi connectivity index (χ4n) is 2.61. The largest absolute Gasteiger partial charge is 0.465 e. The molecule has 0 bridgehead atoms. The number of anilines is 1.